The van der Waals surface area contributed by atoms with Gasteiger partial charge in [0.2, 0.25) is 0 Å². The zero-order chi connectivity index (χ0) is 34.1. The van der Waals surface area contributed by atoms with Crippen LogP contribution in [0.5, 0.6) is 11.5 Å². The smallest absolute Gasteiger partial charge is 0.503 e. The van der Waals surface area contributed by atoms with Gasteiger partial charge in [0.25, 0.3) is 0 Å². The van der Waals surface area contributed by atoms with Crippen molar-refractivity contribution in [1.82, 2.24) is 18.8 Å². The number of fused-ring (bicyclic) bond motifs is 12. The van der Waals surface area contributed by atoms with Crippen LogP contribution < -0.4 is 4.74 Å². The summed E-state index contributed by atoms with van der Waals surface area (Å²) in [7, 11) is 0. The zero-order valence-corrected chi connectivity index (χ0v) is 31.5. The molecule has 0 bridgehead atoms. The van der Waals surface area contributed by atoms with Gasteiger partial charge >= 0.3 is 21.1 Å². The summed E-state index contributed by atoms with van der Waals surface area (Å²) in [5.74, 6) is 1.24. The van der Waals surface area contributed by atoms with Crippen LogP contribution in [0, 0.1) is 32.9 Å². The Labute approximate surface area is 310 Å². The van der Waals surface area contributed by atoms with Gasteiger partial charge in [-0.15, -0.1) is 29.7 Å². The molecule has 0 spiro atoms. The molecule has 6 heteroatoms. The molecule has 10 aromatic rings. The number of aryl methyl sites for hydroxylation is 3. The number of pyridine rings is 2. The molecule has 0 fully saturated rings. The van der Waals surface area contributed by atoms with Crippen molar-refractivity contribution >= 4 is 65.5 Å². The maximum Gasteiger partial charge on any atom is 2.00 e. The Morgan fingerprint density at radius 3 is 2.20 bits per heavy atom. The second-order valence-corrected chi connectivity index (χ2v) is 14.8. The molecule has 0 aliphatic heterocycles. The molecule has 0 unspecified atom stereocenters. The maximum atomic E-state index is 6.59. The Hall–Kier alpha value is -5.25. The van der Waals surface area contributed by atoms with Gasteiger partial charge in [0.05, 0.1) is 11.3 Å². The summed E-state index contributed by atoms with van der Waals surface area (Å²) in [4.78, 5) is 10.2. The number of para-hydroxylation sites is 2. The minimum absolute atomic E-state index is 0. The van der Waals surface area contributed by atoms with Gasteiger partial charge in [0, 0.05) is 51.3 Å². The van der Waals surface area contributed by atoms with Crippen molar-refractivity contribution in [2.75, 3.05) is 0 Å². The van der Waals surface area contributed by atoms with Crippen LogP contribution in [0.25, 0.3) is 76.8 Å². The number of imidazole rings is 1. The first-order valence-corrected chi connectivity index (χ1v) is 17.2. The van der Waals surface area contributed by atoms with Gasteiger partial charge in [-0.2, -0.15) is 6.07 Å². The molecule has 5 aromatic carbocycles. The van der Waals surface area contributed by atoms with E-state index in [2.05, 4.69) is 141 Å². The normalized spacial score (nSPS) is 12.4. The van der Waals surface area contributed by atoms with Crippen LogP contribution in [0.4, 0.5) is 0 Å². The Morgan fingerprint density at radius 1 is 0.706 bits per heavy atom. The largest absolute Gasteiger partial charge is 2.00 e. The minimum atomic E-state index is -0.0247. The van der Waals surface area contributed by atoms with Gasteiger partial charge in [-0.1, -0.05) is 97.2 Å². The van der Waals surface area contributed by atoms with Gasteiger partial charge in [-0.25, -0.2) is 4.98 Å². The molecule has 0 saturated carbocycles. The Morgan fingerprint density at radius 2 is 1.41 bits per heavy atom. The van der Waals surface area contributed by atoms with E-state index >= 15 is 0 Å². The standard InChI is InChI=1S/C45H34N4O.Pt/c1-25-20-26(2)40(27(3)21-25)37-24-48-38-13-8-7-10-31(38)30-16-14-28(22-35(30)43(48)47-37)50-29-15-17-32-33-11-9-12-34-41-36(45(4,5)6)18-19-46-44(41)49(42(33)34)39(32)23-29;/h7-21,24H,1-6H3;/q-2;+2. The van der Waals surface area contributed by atoms with Crippen LogP contribution in [-0.2, 0) is 26.5 Å². The topological polar surface area (TPSA) is 43.8 Å². The molecular formula is C45H34N4OPt. The zero-order valence-electron chi connectivity index (χ0n) is 29.3. The van der Waals surface area contributed by atoms with E-state index in [1.165, 1.54) is 49.5 Å². The number of aromatic nitrogens is 4. The molecule has 0 amide bonds. The van der Waals surface area contributed by atoms with Crippen LogP contribution in [0.3, 0.4) is 0 Å². The second kappa shape index (κ2) is 11.1. The number of rotatable bonds is 3. The van der Waals surface area contributed by atoms with Crippen LogP contribution in [0.2, 0.25) is 0 Å². The molecule has 250 valence electrons. The van der Waals surface area contributed by atoms with Crippen molar-refractivity contribution in [1.29, 1.82) is 0 Å². The van der Waals surface area contributed by atoms with Gasteiger partial charge in [0.1, 0.15) is 5.65 Å². The quantitative estimate of drug-likeness (QED) is 0.131. The van der Waals surface area contributed by atoms with Crippen molar-refractivity contribution in [3.63, 3.8) is 0 Å². The number of hydrogen-bond acceptors (Lipinski definition) is 3. The fraction of sp³-hybridized carbons (Fsp3) is 0.156. The van der Waals surface area contributed by atoms with E-state index in [0.29, 0.717) is 11.5 Å². The molecule has 0 atom stereocenters. The van der Waals surface area contributed by atoms with Crippen LogP contribution >= 0.6 is 0 Å². The van der Waals surface area contributed by atoms with Crippen molar-refractivity contribution in [3.05, 3.63) is 132 Å². The van der Waals surface area contributed by atoms with Gasteiger partial charge in [0.15, 0.2) is 0 Å². The van der Waals surface area contributed by atoms with Crippen molar-refractivity contribution in [2.45, 2.75) is 47.0 Å². The van der Waals surface area contributed by atoms with Crippen molar-refractivity contribution < 1.29 is 25.8 Å². The number of nitrogens with zero attached hydrogens (tertiary/aromatic N) is 4. The molecule has 5 heterocycles. The van der Waals surface area contributed by atoms with Gasteiger partial charge in [-0.05, 0) is 65.8 Å². The molecule has 0 aliphatic carbocycles. The van der Waals surface area contributed by atoms with Crippen molar-refractivity contribution in [2.24, 2.45) is 0 Å². The molecule has 5 aromatic heterocycles. The summed E-state index contributed by atoms with van der Waals surface area (Å²) in [6.07, 6.45) is 4.09. The van der Waals surface area contributed by atoms with Crippen LogP contribution in [-0.4, -0.2) is 18.8 Å². The summed E-state index contributed by atoms with van der Waals surface area (Å²) < 4.78 is 11.1. The average molecular weight is 842 g/mol. The Bertz CT molecular complexity index is 3010. The van der Waals surface area contributed by atoms with Crippen LogP contribution in [0.1, 0.15) is 43.0 Å². The second-order valence-electron chi connectivity index (χ2n) is 14.8. The predicted molar refractivity (Wildman–Crippen MR) is 205 cm³/mol. The molecular weight excluding hydrogens is 808 g/mol. The number of hydrogen-bond donors (Lipinski definition) is 0. The summed E-state index contributed by atoms with van der Waals surface area (Å²) >= 11 is 0. The maximum absolute atomic E-state index is 6.59. The summed E-state index contributed by atoms with van der Waals surface area (Å²) in [6, 6.07) is 37.2. The van der Waals surface area contributed by atoms with Gasteiger partial charge < -0.3 is 13.5 Å². The number of benzene rings is 5. The third-order valence-electron chi connectivity index (χ3n) is 10.3. The summed E-state index contributed by atoms with van der Waals surface area (Å²) in [6.45, 7) is 13.3. The van der Waals surface area contributed by atoms with Crippen LogP contribution in [0.15, 0.2) is 97.3 Å². The molecule has 0 radical (unpaired) electrons. The average Bonchev–Trinajstić information content (AvgIpc) is 3.77. The third-order valence-corrected chi connectivity index (χ3v) is 10.3. The fourth-order valence-corrected chi connectivity index (χ4v) is 8.36. The SMILES string of the molecule is Cc1cc(C)c(-c2cn3c4ccccc4c4ccc(Oc5[c-]c6c(cc5)c5cccc7c8c(C(C)(C)C)ccnc8n6c57)[c-]c4c3n2)c(C)c1.[Pt+2]. The summed E-state index contributed by atoms with van der Waals surface area (Å²) in [5, 5.41) is 7.90. The molecule has 0 saturated heterocycles. The van der Waals surface area contributed by atoms with E-state index in [9.17, 15) is 0 Å². The van der Waals surface area contributed by atoms with E-state index < -0.39 is 0 Å². The molecule has 0 N–H and O–H groups in total. The molecule has 5 nitrogen and oxygen atoms in total. The number of ether oxygens (including phenoxy) is 1. The molecule has 0 aliphatic rings. The summed E-state index contributed by atoms with van der Waals surface area (Å²) in [5.41, 5.74) is 12.1. The van der Waals surface area contributed by atoms with E-state index in [0.717, 1.165) is 49.6 Å². The molecule has 10 rings (SSSR count). The van der Waals surface area contributed by atoms with Gasteiger partial charge in [-0.3, -0.25) is 4.98 Å². The van der Waals surface area contributed by atoms with E-state index in [-0.39, 0.29) is 26.5 Å². The third kappa shape index (κ3) is 4.57. The Balaban J connectivity index is 0.00000348. The molecule has 51 heavy (non-hydrogen) atoms. The van der Waals surface area contributed by atoms with E-state index in [1.54, 1.807) is 0 Å². The fourth-order valence-electron chi connectivity index (χ4n) is 8.36. The Kier molecular flexibility index (Phi) is 6.92. The first kappa shape index (κ1) is 31.7. The minimum Gasteiger partial charge on any atom is -0.503 e. The van der Waals surface area contributed by atoms with E-state index in [1.807, 2.05) is 18.3 Å². The van der Waals surface area contributed by atoms with E-state index in [4.69, 9.17) is 14.7 Å². The first-order chi connectivity index (χ1) is 24.2. The predicted octanol–water partition coefficient (Wildman–Crippen LogP) is 11.5. The first-order valence-electron chi connectivity index (χ1n) is 17.2. The van der Waals surface area contributed by atoms with Crippen molar-refractivity contribution in [3.8, 4) is 22.8 Å². The monoisotopic (exact) mass is 841 g/mol.